The minimum absolute atomic E-state index is 0.255. The summed E-state index contributed by atoms with van der Waals surface area (Å²) in [6.07, 6.45) is 0.667. The second-order valence-electron chi connectivity index (χ2n) is 3.81. The van der Waals surface area contributed by atoms with Crippen LogP contribution in [0.25, 0.3) is 0 Å². The van der Waals surface area contributed by atoms with Crippen LogP contribution < -0.4 is 0 Å². The molecule has 0 aliphatic heterocycles. The molecular formula is C14H11FO2. The number of carbonyl (C=O) groups is 1. The second-order valence-corrected chi connectivity index (χ2v) is 3.81. The van der Waals surface area contributed by atoms with Gasteiger partial charge in [-0.05, 0) is 41.8 Å². The first-order chi connectivity index (χ1) is 8.15. The SMILES string of the molecule is O=C(O)c1ccc(Cc2ccc(F)cc2)cc1. The lowest BCUT2D eigenvalue weighted by Crippen LogP contribution is -1.96. The van der Waals surface area contributed by atoms with Crippen LogP contribution in [0.3, 0.4) is 0 Å². The summed E-state index contributed by atoms with van der Waals surface area (Å²) in [7, 11) is 0. The van der Waals surface area contributed by atoms with Gasteiger partial charge in [-0.15, -0.1) is 0 Å². The van der Waals surface area contributed by atoms with Crippen LogP contribution in [0.1, 0.15) is 21.5 Å². The third-order valence-electron chi connectivity index (χ3n) is 2.52. The summed E-state index contributed by atoms with van der Waals surface area (Å²) in [6, 6.07) is 13.0. The summed E-state index contributed by atoms with van der Waals surface area (Å²) in [5.74, 6) is -1.19. The molecule has 2 aromatic carbocycles. The van der Waals surface area contributed by atoms with Gasteiger partial charge in [-0.3, -0.25) is 0 Å². The van der Waals surface area contributed by atoms with Gasteiger partial charge in [0.05, 0.1) is 5.56 Å². The molecule has 0 aliphatic carbocycles. The summed E-state index contributed by atoms with van der Waals surface area (Å²) in [4.78, 5) is 10.7. The van der Waals surface area contributed by atoms with Crippen molar-refractivity contribution in [3.05, 3.63) is 71.0 Å². The number of carboxylic acid groups (broad SMARTS) is 1. The largest absolute Gasteiger partial charge is 0.478 e. The standard InChI is InChI=1S/C14H11FO2/c15-13-7-3-11(4-8-13)9-10-1-5-12(6-2-10)14(16)17/h1-8H,9H2,(H,16,17). The van der Waals surface area contributed by atoms with Gasteiger partial charge in [0.2, 0.25) is 0 Å². The van der Waals surface area contributed by atoms with Crippen molar-refractivity contribution in [1.29, 1.82) is 0 Å². The summed E-state index contributed by atoms with van der Waals surface area (Å²) < 4.78 is 12.7. The molecule has 0 aromatic heterocycles. The van der Waals surface area contributed by atoms with E-state index in [1.165, 1.54) is 12.1 Å². The molecule has 0 aliphatic rings. The number of benzene rings is 2. The Bertz CT molecular complexity index is 515. The Kier molecular flexibility index (Phi) is 3.19. The highest BCUT2D eigenvalue weighted by molar-refractivity contribution is 5.87. The lowest BCUT2D eigenvalue weighted by Gasteiger charge is -2.02. The van der Waals surface area contributed by atoms with E-state index in [-0.39, 0.29) is 11.4 Å². The molecule has 17 heavy (non-hydrogen) atoms. The quantitative estimate of drug-likeness (QED) is 0.879. The highest BCUT2D eigenvalue weighted by atomic mass is 19.1. The topological polar surface area (TPSA) is 37.3 Å². The molecule has 0 amide bonds. The fourth-order valence-corrected chi connectivity index (χ4v) is 1.60. The first kappa shape index (κ1) is 11.3. The molecule has 0 atom stereocenters. The molecule has 0 bridgehead atoms. The lowest BCUT2D eigenvalue weighted by molar-refractivity contribution is 0.0697. The van der Waals surface area contributed by atoms with E-state index in [9.17, 15) is 9.18 Å². The first-order valence-corrected chi connectivity index (χ1v) is 5.22. The zero-order valence-electron chi connectivity index (χ0n) is 9.06. The molecule has 0 radical (unpaired) electrons. The summed E-state index contributed by atoms with van der Waals surface area (Å²) in [6.45, 7) is 0. The van der Waals surface area contributed by atoms with E-state index in [4.69, 9.17) is 5.11 Å². The lowest BCUT2D eigenvalue weighted by atomic mass is 10.0. The van der Waals surface area contributed by atoms with Gasteiger partial charge in [0, 0.05) is 0 Å². The van der Waals surface area contributed by atoms with E-state index in [2.05, 4.69) is 0 Å². The molecule has 0 heterocycles. The maximum atomic E-state index is 12.7. The van der Waals surface area contributed by atoms with Crippen molar-refractivity contribution < 1.29 is 14.3 Å². The third-order valence-corrected chi connectivity index (χ3v) is 2.52. The molecule has 0 saturated heterocycles. The Hall–Kier alpha value is -2.16. The fraction of sp³-hybridized carbons (Fsp3) is 0.0714. The van der Waals surface area contributed by atoms with Crippen LogP contribution in [0.15, 0.2) is 48.5 Å². The molecule has 1 N–H and O–H groups in total. The Balaban J connectivity index is 2.13. The number of hydrogen-bond donors (Lipinski definition) is 1. The van der Waals surface area contributed by atoms with Gasteiger partial charge in [-0.25, -0.2) is 9.18 Å². The van der Waals surface area contributed by atoms with E-state index in [1.54, 1.807) is 36.4 Å². The van der Waals surface area contributed by atoms with Gasteiger partial charge in [0.25, 0.3) is 0 Å². The van der Waals surface area contributed by atoms with Crippen LogP contribution in [0, 0.1) is 5.82 Å². The van der Waals surface area contributed by atoms with E-state index < -0.39 is 5.97 Å². The van der Waals surface area contributed by atoms with Crippen molar-refractivity contribution in [1.82, 2.24) is 0 Å². The Morgan fingerprint density at radius 3 is 1.88 bits per heavy atom. The zero-order chi connectivity index (χ0) is 12.3. The van der Waals surface area contributed by atoms with Crippen molar-refractivity contribution in [3.8, 4) is 0 Å². The number of carboxylic acids is 1. The van der Waals surface area contributed by atoms with Gasteiger partial charge >= 0.3 is 5.97 Å². The smallest absolute Gasteiger partial charge is 0.335 e. The highest BCUT2D eigenvalue weighted by Crippen LogP contribution is 2.11. The maximum absolute atomic E-state index is 12.7. The van der Waals surface area contributed by atoms with Crippen LogP contribution >= 0.6 is 0 Å². The van der Waals surface area contributed by atoms with Gasteiger partial charge in [0.1, 0.15) is 5.82 Å². The van der Waals surface area contributed by atoms with Gasteiger partial charge in [-0.1, -0.05) is 24.3 Å². The van der Waals surface area contributed by atoms with E-state index in [0.29, 0.717) is 6.42 Å². The van der Waals surface area contributed by atoms with Crippen molar-refractivity contribution in [2.75, 3.05) is 0 Å². The van der Waals surface area contributed by atoms with Crippen LogP contribution in [-0.2, 0) is 6.42 Å². The predicted molar refractivity (Wildman–Crippen MR) is 62.6 cm³/mol. The van der Waals surface area contributed by atoms with Crippen LogP contribution in [0.2, 0.25) is 0 Å². The van der Waals surface area contributed by atoms with E-state index >= 15 is 0 Å². The van der Waals surface area contributed by atoms with Crippen molar-refractivity contribution in [2.24, 2.45) is 0 Å². The minimum Gasteiger partial charge on any atom is -0.478 e. The normalized spacial score (nSPS) is 10.2. The second kappa shape index (κ2) is 4.78. The zero-order valence-corrected chi connectivity index (χ0v) is 9.06. The average molecular weight is 230 g/mol. The minimum atomic E-state index is -0.932. The molecule has 0 unspecified atom stereocenters. The van der Waals surface area contributed by atoms with E-state index in [0.717, 1.165) is 11.1 Å². The van der Waals surface area contributed by atoms with E-state index in [1.807, 2.05) is 0 Å². The van der Waals surface area contributed by atoms with Crippen LogP contribution in [-0.4, -0.2) is 11.1 Å². The predicted octanol–water partition coefficient (Wildman–Crippen LogP) is 3.11. The Morgan fingerprint density at radius 2 is 1.41 bits per heavy atom. The Labute approximate surface area is 98.3 Å². The molecular weight excluding hydrogens is 219 g/mol. The van der Waals surface area contributed by atoms with Crippen LogP contribution in [0.5, 0.6) is 0 Å². The molecule has 86 valence electrons. The van der Waals surface area contributed by atoms with Gasteiger partial charge in [0.15, 0.2) is 0 Å². The number of rotatable bonds is 3. The molecule has 0 saturated carbocycles. The summed E-state index contributed by atoms with van der Waals surface area (Å²) >= 11 is 0. The molecule has 2 rings (SSSR count). The number of halogens is 1. The van der Waals surface area contributed by atoms with Gasteiger partial charge in [-0.2, -0.15) is 0 Å². The molecule has 0 spiro atoms. The fourth-order valence-electron chi connectivity index (χ4n) is 1.60. The molecule has 2 aromatic rings. The monoisotopic (exact) mass is 230 g/mol. The maximum Gasteiger partial charge on any atom is 0.335 e. The molecule has 0 fully saturated rings. The first-order valence-electron chi connectivity index (χ1n) is 5.22. The highest BCUT2D eigenvalue weighted by Gasteiger charge is 2.02. The Morgan fingerprint density at radius 1 is 0.941 bits per heavy atom. The van der Waals surface area contributed by atoms with Crippen molar-refractivity contribution in [2.45, 2.75) is 6.42 Å². The number of aromatic carboxylic acids is 1. The average Bonchev–Trinajstić information content (AvgIpc) is 2.33. The summed E-state index contributed by atoms with van der Waals surface area (Å²) in [5, 5.41) is 8.75. The van der Waals surface area contributed by atoms with Crippen molar-refractivity contribution >= 4 is 5.97 Å². The third kappa shape index (κ3) is 2.91. The van der Waals surface area contributed by atoms with Gasteiger partial charge < -0.3 is 5.11 Å². The van der Waals surface area contributed by atoms with Crippen molar-refractivity contribution in [3.63, 3.8) is 0 Å². The number of hydrogen-bond acceptors (Lipinski definition) is 1. The van der Waals surface area contributed by atoms with Crippen LogP contribution in [0.4, 0.5) is 4.39 Å². The summed E-state index contributed by atoms with van der Waals surface area (Å²) in [5.41, 5.74) is 2.27. The molecule has 3 heteroatoms. The molecule has 2 nitrogen and oxygen atoms in total.